The summed E-state index contributed by atoms with van der Waals surface area (Å²) in [5.74, 6) is 1.66. The van der Waals surface area contributed by atoms with E-state index < -0.39 is 0 Å². The van der Waals surface area contributed by atoms with Gasteiger partial charge in [0.25, 0.3) is 0 Å². The first-order valence-corrected chi connectivity index (χ1v) is 11.1. The number of amides is 2. The second kappa shape index (κ2) is 10.2. The number of rotatable bonds is 7. The first-order chi connectivity index (χ1) is 14.3. The number of hydrogen-bond donors (Lipinski definition) is 1. The van der Waals surface area contributed by atoms with E-state index in [0.717, 1.165) is 43.7 Å². The van der Waals surface area contributed by atoms with Gasteiger partial charge in [-0.25, -0.2) is 9.97 Å². The SMILES string of the molecule is CC(=O)N1CCCC1c1nc(CN(C)CC(=O)NC2CCCCC2)cc(N(C)C)n1. The average molecular weight is 417 g/mol. The van der Waals surface area contributed by atoms with Crippen LogP contribution in [0.3, 0.4) is 0 Å². The number of nitrogens with zero attached hydrogens (tertiary/aromatic N) is 5. The Hall–Kier alpha value is -2.22. The number of likely N-dealkylation sites (N-methyl/N-ethyl adjacent to an activating group) is 1. The fourth-order valence-corrected chi connectivity index (χ4v) is 4.47. The zero-order valence-corrected chi connectivity index (χ0v) is 18.9. The monoisotopic (exact) mass is 416 g/mol. The number of anilines is 1. The van der Waals surface area contributed by atoms with Gasteiger partial charge in [0.1, 0.15) is 5.82 Å². The zero-order chi connectivity index (χ0) is 21.7. The van der Waals surface area contributed by atoms with Crippen LogP contribution in [0, 0.1) is 0 Å². The molecular formula is C22H36N6O2. The van der Waals surface area contributed by atoms with E-state index in [1.54, 1.807) is 6.92 Å². The zero-order valence-electron chi connectivity index (χ0n) is 18.9. The third-order valence-electron chi connectivity index (χ3n) is 6.01. The number of likely N-dealkylation sites (tertiary alicyclic amines) is 1. The van der Waals surface area contributed by atoms with Gasteiger partial charge in [-0.3, -0.25) is 14.5 Å². The standard InChI is InChI=1S/C22H36N6O2/c1-16(29)28-12-8-11-19(28)22-24-18(13-20(25-22)26(2)3)14-27(4)15-21(30)23-17-9-6-5-7-10-17/h13,17,19H,5-12,14-15H2,1-4H3,(H,23,30). The molecule has 8 nitrogen and oxygen atoms in total. The molecule has 166 valence electrons. The van der Waals surface area contributed by atoms with Gasteiger partial charge in [-0.05, 0) is 32.7 Å². The Balaban J connectivity index is 1.67. The van der Waals surface area contributed by atoms with E-state index in [1.807, 2.05) is 41.9 Å². The summed E-state index contributed by atoms with van der Waals surface area (Å²) in [7, 11) is 5.85. The van der Waals surface area contributed by atoms with Gasteiger partial charge in [0.05, 0.1) is 18.3 Å². The van der Waals surface area contributed by atoms with Gasteiger partial charge < -0.3 is 15.1 Å². The Morgan fingerprint density at radius 2 is 1.83 bits per heavy atom. The average Bonchev–Trinajstić information content (AvgIpc) is 3.18. The number of carbonyl (C=O) groups is 2. The van der Waals surface area contributed by atoms with Crippen molar-refractivity contribution in [3.63, 3.8) is 0 Å². The highest BCUT2D eigenvalue weighted by Gasteiger charge is 2.31. The summed E-state index contributed by atoms with van der Waals surface area (Å²) in [5.41, 5.74) is 0.868. The van der Waals surface area contributed by atoms with Crippen molar-refractivity contribution in [2.45, 2.75) is 70.5 Å². The van der Waals surface area contributed by atoms with Crippen LogP contribution in [0.5, 0.6) is 0 Å². The molecular weight excluding hydrogens is 380 g/mol. The number of nitrogens with one attached hydrogen (secondary N) is 1. The number of carbonyl (C=O) groups excluding carboxylic acids is 2. The molecule has 1 aromatic rings. The molecule has 2 heterocycles. The van der Waals surface area contributed by atoms with Crippen LogP contribution in [0.25, 0.3) is 0 Å². The Bertz CT molecular complexity index is 747. The summed E-state index contributed by atoms with van der Waals surface area (Å²) in [6, 6.07) is 2.22. The van der Waals surface area contributed by atoms with Gasteiger partial charge in [0.2, 0.25) is 11.8 Å². The third kappa shape index (κ3) is 5.90. The van der Waals surface area contributed by atoms with Crippen molar-refractivity contribution < 1.29 is 9.59 Å². The molecule has 0 spiro atoms. The maximum absolute atomic E-state index is 12.4. The van der Waals surface area contributed by atoms with Crippen molar-refractivity contribution in [2.75, 3.05) is 39.1 Å². The van der Waals surface area contributed by atoms with Crippen molar-refractivity contribution in [1.29, 1.82) is 0 Å². The highest BCUT2D eigenvalue weighted by molar-refractivity contribution is 5.78. The van der Waals surface area contributed by atoms with Crippen molar-refractivity contribution in [3.8, 4) is 0 Å². The van der Waals surface area contributed by atoms with E-state index >= 15 is 0 Å². The summed E-state index contributed by atoms with van der Waals surface area (Å²) < 4.78 is 0. The van der Waals surface area contributed by atoms with Crippen LogP contribution in [0.15, 0.2) is 6.07 Å². The minimum absolute atomic E-state index is 0.0643. The molecule has 1 unspecified atom stereocenters. The molecule has 1 aliphatic carbocycles. The second-order valence-electron chi connectivity index (χ2n) is 8.92. The summed E-state index contributed by atoms with van der Waals surface area (Å²) in [6.45, 7) is 3.26. The molecule has 0 bridgehead atoms. The van der Waals surface area contributed by atoms with E-state index in [1.165, 1.54) is 19.3 Å². The maximum Gasteiger partial charge on any atom is 0.234 e. The molecule has 3 rings (SSSR count). The quantitative estimate of drug-likeness (QED) is 0.733. The molecule has 1 saturated carbocycles. The van der Waals surface area contributed by atoms with E-state index in [2.05, 4.69) is 5.32 Å². The van der Waals surface area contributed by atoms with Crippen LogP contribution < -0.4 is 10.2 Å². The Morgan fingerprint density at radius 3 is 2.50 bits per heavy atom. The van der Waals surface area contributed by atoms with Crippen LogP contribution in [0.4, 0.5) is 5.82 Å². The molecule has 1 aliphatic heterocycles. The third-order valence-corrected chi connectivity index (χ3v) is 6.01. The van der Waals surface area contributed by atoms with Gasteiger partial charge in [0, 0.05) is 46.2 Å². The molecule has 2 aliphatic rings. The Kier molecular flexibility index (Phi) is 7.64. The molecule has 1 aromatic heterocycles. The predicted octanol–water partition coefficient (Wildman–Crippen LogP) is 2.11. The summed E-state index contributed by atoms with van der Waals surface area (Å²) in [5, 5.41) is 3.17. The van der Waals surface area contributed by atoms with Gasteiger partial charge in [-0.15, -0.1) is 0 Å². The molecule has 0 aromatic carbocycles. The molecule has 1 saturated heterocycles. The van der Waals surface area contributed by atoms with Gasteiger partial charge in [-0.1, -0.05) is 19.3 Å². The van der Waals surface area contributed by atoms with E-state index in [9.17, 15) is 9.59 Å². The van der Waals surface area contributed by atoms with E-state index in [-0.39, 0.29) is 17.9 Å². The first kappa shape index (κ1) is 22.5. The van der Waals surface area contributed by atoms with Crippen LogP contribution in [-0.4, -0.2) is 71.9 Å². The fourth-order valence-electron chi connectivity index (χ4n) is 4.47. The summed E-state index contributed by atoms with van der Waals surface area (Å²) in [6.07, 6.45) is 7.72. The summed E-state index contributed by atoms with van der Waals surface area (Å²) in [4.78, 5) is 39.8. The molecule has 8 heteroatoms. The molecule has 30 heavy (non-hydrogen) atoms. The van der Waals surface area contributed by atoms with Crippen LogP contribution in [-0.2, 0) is 16.1 Å². The van der Waals surface area contributed by atoms with Gasteiger partial charge in [0.15, 0.2) is 5.82 Å². The van der Waals surface area contributed by atoms with Gasteiger partial charge in [-0.2, -0.15) is 0 Å². The van der Waals surface area contributed by atoms with E-state index in [4.69, 9.17) is 9.97 Å². The lowest BCUT2D eigenvalue weighted by Crippen LogP contribution is -2.41. The first-order valence-electron chi connectivity index (χ1n) is 11.1. The van der Waals surface area contributed by atoms with Crippen LogP contribution in [0.1, 0.15) is 69.4 Å². The largest absolute Gasteiger partial charge is 0.363 e. The predicted molar refractivity (Wildman–Crippen MR) is 117 cm³/mol. The van der Waals surface area contributed by atoms with Crippen LogP contribution >= 0.6 is 0 Å². The molecule has 1 atom stereocenters. The Labute approximate surface area is 180 Å². The highest BCUT2D eigenvalue weighted by Crippen LogP contribution is 2.31. The normalized spacial score (nSPS) is 19.9. The lowest BCUT2D eigenvalue weighted by molar-refractivity contribution is -0.130. The lowest BCUT2D eigenvalue weighted by Gasteiger charge is -2.25. The van der Waals surface area contributed by atoms with Crippen molar-refractivity contribution in [3.05, 3.63) is 17.6 Å². The minimum atomic E-state index is -0.0685. The van der Waals surface area contributed by atoms with Gasteiger partial charge >= 0.3 is 0 Å². The second-order valence-corrected chi connectivity index (χ2v) is 8.92. The van der Waals surface area contributed by atoms with E-state index in [0.29, 0.717) is 25.0 Å². The molecule has 1 N–H and O–H groups in total. The number of hydrogen-bond acceptors (Lipinski definition) is 6. The van der Waals surface area contributed by atoms with Crippen LogP contribution in [0.2, 0.25) is 0 Å². The Morgan fingerprint density at radius 1 is 1.10 bits per heavy atom. The van der Waals surface area contributed by atoms with Crippen molar-refractivity contribution in [2.24, 2.45) is 0 Å². The van der Waals surface area contributed by atoms with Crippen molar-refractivity contribution in [1.82, 2.24) is 25.1 Å². The fraction of sp³-hybridized carbons (Fsp3) is 0.727. The number of aromatic nitrogens is 2. The molecule has 2 amide bonds. The molecule has 2 fully saturated rings. The highest BCUT2D eigenvalue weighted by atomic mass is 16.2. The topological polar surface area (TPSA) is 81.7 Å². The summed E-state index contributed by atoms with van der Waals surface area (Å²) >= 11 is 0. The minimum Gasteiger partial charge on any atom is -0.363 e. The van der Waals surface area contributed by atoms with Crippen molar-refractivity contribution >= 4 is 17.6 Å². The molecule has 0 radical (unpaired) electrons. The maximum atomic E-state index is 12.4. The smallest absolute Gasteiger partial charge is 0.234 e. The lowest BCUT2D eigenvalue weighted by atomic mass is 9.95.